The summed E-state index contributed by atoms with van der Waals surface area (Å²) in [5, 5.41) is 18.8. The van der Waals surface area contributed by atoms with Gasteiger partial charge in [-0.1, -0.05) is 12.1 Å². The van der Waals surface area contributed by atoms with Crippen molar-refractivity contribution in [2.45, 2.75) is 19.0 Å². The summed E-state index contributed by atoms with van der Waals surface area (Å²) < 4.78 is 0. The molecule has 0 aliphatic carbocycles. The number of carboxylic acids is 1. The summed E-state index contributed by atoms with van der Waals surface area (Å²) in [7, 11) is 4.01. The molecule has 1 fully saturated rings. The van der Waals surface area contributed by atoms with Crippen molar-refractivity contribution in [3.63, 3.8) is 0 Å². The van der Waals surface area contributed by atoms with Gasteiger partial charge in [0.25, 0.3) is 0 Å². The highest BCUT2D eigenvalue weighted by molar-refractivity contribution is 5.73. The molecule has 0 bridgehead atoms. The number of aliphatic carboxylic acids is 1. The van der Waals surface area contributed by atoms with E-state index in [1.165, 1.54) is 0 Å². The van der Waals surface area contributed by atoms with Gasteiger partial charge in [-0.15, -0.1) is 0 Å². The van der Waals surface area contributed by atoms with Crippen molar-refractivity contribution in [1.82, 2.24) is 30.5 Å². The molecule has 4 N–H and O–H groups in total. The van der Waals surface area contributed by atoms with Crippen LogP contribution in [0.25, 0.3) is 11.3 Å². The van der Waals surface area contributed by atoms with E-state index >= 15 is 0 Å². The molecule has 0 radical (unpaired) electrons. The normalized spacial score (nSPS) is 16.0. The predicted molar refractivity (Wildman–Crippen MR) is 142 cm³/mol. The van der Waals surface area contributed by atoms with E-state index in [2.05, 4.69) is 40.7 Å². The van der Waals surface area contributed by atoms with E-state index in [0.29, 0.717) is 25.6 Å². The molecule has 10 heteroatoms. The standard InChI is InChI=1S/C26H34N8O2/c1-27-10-4-13-33(2)24-8-7-20(16-30-24)22-9-11-29-26(32-22)31-21-6-3-5-19(15-21)17-34-14-12-28-23(18-34)25(35)36/h3,5-9,11,15-16,23,27-28H,4,10,12-14,17-18H2,1-2H3,(H,35,36)(H,29,31,32). The van der Waals surface area contributed by atoms with Crippen molar-refractivity contribution in [2.75, 3.05) is 57.0 Å². The van der Waals surface area contributed by atoms with Crippen molar-refractivity contribution in [2.24, 2.45) is 0 Å². The van der Waals surface area contributed by atoms with Crippen LogP contribution in [0.3, 0.4) is 0 Å². The minimum absolute atomic E-state index is 0.483. The van der Waals surface area contributed by atoms with E-state index in [1.54, 1.807) is 6.20 Å². The predicted octanol–water partition coefficient (Wildman–Crippen LogP) is 2.19. The largest absolute Gasteiger partial charge is 0.480 e. The molecule has 190 valence electrons. The maximum atomic E-state index is 11.3. The number of carbonyl (C=O) groups is 1. The topological polar surface area (TPSA) is 119 Å². The van der Waals surface area contributed by atoms with Gasteiger partial charge in [-0.05, 0) is 55.9 Å². The van der Waals surface area contributed by atoms with Crippen LogP contribution >= 0.6 is 0 Å². The lowest BCUT2D eigenvalue weighted by Gasteiger charge is -2.31. The fourth-order valence-corrected chi connectivity index (χ4v) is 4.21. The fraction of sp³-hybridized carbons (Fsp3) is 0.385. The maximum absolute atomic E-state index is 11.3. The van der Waals surface area contributed by atoms with E-state index in [1.807, 2.05) is 62.8 Å². The zero-order valence-electron chi connectivity index (χ0n) is 20.8. The summed E-state index contributed by atoms with van der Waals surface area (Å²) in [6.45, 7) is 4.55. The zero-order chi connectivity index (χ0) is 25.3. The van der Waals surface area contributed by atoms with Crippen LogP contribution in [0, 0.1) is 0 Å². The zero-order valence-corrected chi connectivity index (χ0v) is 20.8. The second-order valence-corrected chi connectivity index (χ2v) is 8.95. The molecule has 10 nitrogen and oxygen atoms in total. The number of nitrogens with zero attached hydrogens (tertiary/aromatic N) is 5. The summed E-state index contributed by atoms with van der Waals surface area (Å²) in [5.74, 6) is 0.623. The first-order valence-electron chi connectivity index (χ1n) is 12.2. The Morgan fingerprint density at radius 3 is 2.92 bits per heavy atom. The number of benzene rings is 1. The molecule has 1 aromatic carbocycles. The Labute approximate surface area is 211 Å². The van der Waals surface area contributed by atoms with Crippen LogP contribution in [0.1, 0.15) is 12.0 Å². The average molecular weight is 491 g/mol. The number of pyridine rings is 1. The smallest absolute Gasteiger partial charge is 0.322 e. The second-order valence-electron chi connectivity index (χ2n) is 8.95. The summed E-state index contributed by atoms with van der Waals surface area (Å²) >= 11 is 0. The molecule has 0 spiro atoms. The summed E-state index contributed by atoms with van der Waals surface area (Å²) in [6, 6.07) is 13.4. The molecule has 4 rings (SSSR count). The molecule has 2 aromatic heterocycles. The molecule has 1 atom stereocenters. The van der Waals surface area contributed by atoms with Crippen molar-refractivity contribution < 1.29 is 9.90 Å². The molecule has 0 amide bonds. The van der Waals surface area contributed by atoms with Crippen LogP contribution in [0.2, 0.25) is 0 Å². The Bertz CT molecular complexity index is 1140. The quantitative estimate of drug-likeness (QED) is 0.298. The minimum Gasteiger partial charge on any atom is -0.480 e. The van der Waals surface area contributed by atoms with Gasteiger partial charge in [-0.25, -0.2) is 15.0 Å². The van der Waals surface area contributed by atoms with Gasteiger partial charge in [0.15, 0.2) is 0 Å². The molecular weight excluding hydrogens is 456 g/mol. The van der Waals surface area contributed by atoms with Gasteiger partial charge in [0, 0.05) is 63.4 Å². The Kier molecular flexibility index (Phi) is 8.77. The molecule has 36 heavy (non-hydrogen) atoms. The van der Waals surface area contributed by atoms with Crippen molar-refractivity contribution in [1.29, 1.82) is 0 Å². The van der Waals surface area contributed by atoms with E-state index in [4.69, 9.17) is 0 Å². The van der Waals surface area contributed by atoms with Crippen LogP contribution in [-0.4, -0.2) is 83.8 Å². The van der Waals surface area contributed by atoms with E-state index in [9.17, 15) is 9.90 Å². The number of hydrogen-bond acceptors (Lipinski definition) is 9. The molecule has 1 unspecified atom stereocenters. The van der Waals surface area contributed by atoms with Crippen LogP contribution < -0.4 is 20.9 Å². The Hall–Kier alpha value is -3.60. The highest BCUT2D eigenvalue weighted by Gasteiger charge is 2.24. The Morgan fingerprint density at radius 2 is 2.14 bits per heavy atom. The van der Waals surface area contributed by atoms with Crippen molar-refractivity contribution >= 4 is 23.4 Å². The lowest BCUT2D eigenvalue weighted by atomic mass is 10.1. The SMILES string of the molecule is CNCCCN(C)c1ccc(-c2ccnc(Nc3cccc(CN4CCNC(C(=O)O)C4)c3)n2)cn1. The number of rotatable bonds is 11. The van der Waals surface area contributed by atoms with Gasteiger partial charge in [-0.3, -0.25) is 9.69 Å². The van der Waals surface area contributed by atoms with Gasteiger partial charge in [-0.2, -0.15) is 0 Å². The minimum atomic E-state index is -0.812. The van der Waals surface area contributed by atoms with E-state index < -0.39 is 12.0 Å². The molecule has 3 heterocycles. The maximum Gasteiger partial charge on any atom is 0.322 e. The fourth-order valence-electron chi connectivity index (χ4n) is 4.21. The van der Waals surface area contributed by atoms with Crippen molar-refractivity contribution in [3.05, 3.63) is 60.4 Å². The molecule has 3 aromatic rings. The molecule has 1 aliphatic heterocycles. The number of aromatic nitrogens is 3. The van der Waals surface area contributed by atoms with Crippen LogP contribution in [-0.2, 0) is 11.3 Å². The lowest BCUT2D eigenvalue weighted by molar-refractivity contribution is -0.140. The third-order valence-electron chi connectivity index (χ3n) is 6.16. The lowest BCUT2D eigenvalue weighted by Crippen LogP contribution is -2.53. The number of nitrogens with one attached hydrogen (secondary N) is 3. The average Bonchev–Trinajstić information content (AvgIpc) is 2.89. The third-order valence-corrected chi connectivity index (χ3v) is 6.16. The molecular formula is C26H34N8O2. The molecule has 0 saturated carbocycles. The van der Waals surface area contributed by atoms with Gasteiger partial charge >= 0.3 is 5.97 Å². The summed E-state index contributed by atoms with van der Waals surface area (Å²) in [5.41, 5.74) is 3.70. The second kappa shape index (κ2) is 12.4. The number of piperazine rings is 1. The Morgan fingerprint density at radius 1 is 1.25 bits per heavy atom. The first kappa shape index (κ1) is 25.5. The van der Waals surface area contributed by atoms with Gasteiger partial charge in [0.05, 0.1) is 5.69 Å². The van der Waals surface area contributed by atoms with Gasteiger partial charge < -0.3 is 26.0 Å². The van der Waals surface area contributed by atoms with Gasteiger partial charge in [0.1, 0.15) is 11.9 Å². The molecule has 1 aliphatic rings. The van der Waals surface area contributed by atoms with E-state index in [0.717, 1.165) is 54.4 Å². The highest BCUT2D eigenvalue weighted by Crippen LogP contribution is 2.22. The van der Waals surface area contributed by atoms with Crippen LogP contribution in [0.5, 0.6) is 0 Å². The van der Waals surface area contributed by atoms with E-state index in [-0.39, 0.29) is 0 Å². The van der Waals surface area contributed by atoms with Gasteiger partial charge in [0.2, 0.25) is 5.95 Å². The highest BCUT2D eigenvalue weighted by atomic mass is 16.4. The Balaban J connectivity index is 1.39. The molecule has 1 saturated heterocycles. The van der Waals surface area contributed by atoms with Crippen molar-refractivity contribution in [3.8, 4) is 11.3 Å². The first-order chi connectivity index (χ1) is 17.5. The van der Waals surface area contributed by atoms with Crippen LogP contribution in [0.15, 0.2) is 54.9 Å². The number of hydrogen-bond donors (Lipinski definition) is 4. The third kappa shape index (κ3) is 6.97. The van der Waals surface area contributed by atoms with Crippen LogP contribution in [0.4, 0.5) is 17.5 Å². The summed E-state index contributed by atoms with van der Waals surface area (Å²) in [4.78, 5) is 29.3. The monoisotopic (exact) mass is 490 g/mol. The number of carboxylic acid groups (broad SMARTS) is 1. The first-order valence-corrected chi connectivity index (χ1v) is 12.2. The summed E-state index contributed by atoms with van der Waals surface area (Å²) in [6.07, 6.45) is 4.63. The number of anilines is 3.